The second kappa shape index (κ2) is 8.64. The predicted octanol–water partition coefficient (Wildman–Crippen LogP) is 3.07. The molecule has 0 bridgehead atoms. The van der Waals surface area contributed by atoms with Crippen molar-refractivity contribution < 1.29 is 19.4 Å². The Morgan fingerprint density at radius 2 is 1.73 bits per heavy atom. The lowest BCUT2D eigenvalue weighted by molar-refractivity contribution is -0.128. The van der Waals surface area contributed by atoms with E-state index in [1.54, 1.807) is 18.2 Å². The Hall–Kier alpha value is -2.59. The van der Waals surface area contributed by atoms with Gasteiger partial charge in [-0.05, 0) is 35.9 Å². The summed E-state index contributed by atoms with van der Waals surface area (Å²) in [5.41, 5.74) is 0.875. The first-order valence-corrected chi connectivity index (χ1v) is 7.06. The maximum absolute atomic E-state index is 11.7. The zero-order valence-corrected chi connectivity index (χ0v) is 12.1. The molecule has 0 aliphatic carbocycles. The molecule has 4 nitrogen and oxygen atoms in total. The van der Waals surface area contributed by atoms with Gasteiger partial charge in [-0.2, -0.15) is 0 Å². The zero-order valence-electron chi connectivity index (χ0n) is 12.1. The summed E-state index contributed by atoms with van der Waals surface area (Å²) < 4.78 is 10.6. The van der Waals surface area contributed by atoms with Crippen molar-refractivity contribution >= 4 is 12.0 Å². The molecule has 0 radical (unpaired) electrons. The maximum Gasteiger partial charge on any atom is 0.336 e. The molecule has 0 unspecified atom stereocenters. The van der Waals surface area contributed by atoms with Crippen molar-refractivity contribution in [1.29, 1.82) is 0 Å². The number of carbonyl (C=O) groups is 1. The number of esters is 1. The molecule has 1 N–H and O–H groups in total. The van der Waals surface area contributed by atoms with Crippen LogP contribution in [0.5, 0.6) is 11.5 Å². The van der Waals surface area contributed by atoms with Crippen LogP contribution >= 0.6 is 0 Å². The lowest BCUT2D eigenvalue weighted by Gasteiger charge is -2.04. The second-order valence-electron chi connectivity index (χ2n) is 4.56. The molecule has 2 rings (SSSR count). The van der Waals surface area contributed by atoms with E-state index in [1.807, 2.05) is 42.5 Å². The molecule has 0 heterocycles. The van der Waals surface area contributed by atoms with E-state index in [0.717, 1.165) is 11.3 Å². The van der Waals surface area contributed by atoms with Crippen molar-refractivity contribution in [2.75, 3.05) is 13.2 Å². The van der Waals surface area contributed by atoms with Crippen molar-refractivity contribution in [2.45, 2.75) is 6.42 Å². The van der Waals surface area contributed by atoms with E-state index in [0.29, 0.717) is 18.8 Å². The Labute approximate surface area is 129 Å². The first-order chi connectivity index (χ1) is 10.8. The Bertz CT molecular complexity index is 603. The van der Waals surface area contributed by atoms with E-state index in [2.05, 4.69) is 0 Å². The molecule has 0 aliphatic rings. The fourth-order valence-electron chi connectivity index (χ4n) is 1.73. The summed E-state index contributed by atoms with van der Waals surface area (Å²) in [6.45, 7) is 0.597. The fraction of sp³-hybridized carbons (Fsp3) is 0.167. The van der Waals surface area contributed by atoms with E-state index >= 15 is 0 Å². The third-order valence-corrected chi connectivity index (χ3v) is 2.82. The molecule has 22 heavy (non-hydrogen) atoms. The van der Waals surface area contributed by atoms with Gasteiger partial charge in [0.15, 0.2) is 0 Å². The van der Waals surface area contributed by atoms with E-state index in [9.17, 15) is 4.79 Å². The van der Waals surface area contributed by atoms with Crippen LogP contribution in [0.2, 0.25) is 0 Å². The lowest BCUT2D eigenvalue weighted by atomic mass is 10.2. The molecule has 0 saturated carbocycles. The number of benzene rings is 2. The highest BCUT2D eigenvalue weighted by Gasteiger charge is 1.99. The number of aliphatic hydroxyl groups excluding tert-OH is 1. The van der Waals surface area contributed by atoms with E-state index in [-0.39, 0.29) is 6.61 Å². The van der Waals surface area contributed by atoms with Crippen molar-refractivity contribution in [3.8, 4) is 11.5 Å². The van der Waals surface area contributed by atoms with Crippen LogP contribution < -0.4 is 9.47 Å². The lowest BCUT2D eigenvalue weighted by Crippen LogP contribution is -2.03. The number of rotatable bonds is 7. The molecule has 0 aliphatic heterocycles. The summed E-state index contributed by atoms with van der Waals surface area (Å²) in [6.07, 6.45) is 3.67. The molecule has 0 amide bonds. The molecule has 2 aromatic rings. The molecule has 114 valence electrons. The minimum absolute atomic E-state index is 0.115. The van der Waals surface area contributed by atoms with Crippen LogP contribution in [-0.2, 0) is 4.79 Å². The molecule has 0 aromatic heterocycles. The van der Waals surface area contributed by atoms with Crippen LogP contribution in [0.25, 0.3) is 6.08 Å². The minimum atomic E-state index is -0.422. The monoisotopic (exact) mass is 298 g/mol. The third kappa shape index (κ3) is 5.42. The topological polar surface area (TPSA) is 55.8 Å². The summed E-state index contributed by atoms with van der Waals surface area (Å²) in [6, 6.07) is 16.3. The van der Waals surface area contributed by atoms with Crippen LogP contribution in [0.15, 0.2) is 60.7 Å². The molecule has 2 aromatic carbocycles. The van der Waals surface area contributed by atoms with Gasteiger partial charge in [0, 0.05) is 19.1 Å². The first kappa shape index (κ1) is 15.8. The average Bonchev–Trinajstić information content (AvgIpc) is 2.55. The highest BCUT2D eigenvalue weighted by Crippen LogP contribution is 2.14. The number of hydrogen-bond donors (Lipinski definition) is 1. The van der Waals surface area contributed by atoms with Crippen LogP contribution in [0.3, 0.4) is 0 Å². The number of ether oxygens (including phenoxy) is 2. The van der Waals surface area contributed by atoms with Gasteiger partial charge in [-0.1, -0.05) is 30.3 Å². The van der Waals surface area contributed by atoms with Gasteiger partial charge in [0.2, 0.25) is 0 Å². The van der Waals surface area contributed by atoms with Gasteiger partial charge in [-0.15, -0.1) is 0 Å². The van der Waals surface area contributed by atoms with Gasteiger partial charge in [-0.25, -0.2) is 4.79 Å². The van der Waals surface area contributed by atoms with Crippen LogP contribution in [0.1, 0.15) is 12.0 Å². The summed E-state index contributed by atoms with van der Waals surface area (Å²) in [5, 5.41) is 8.68. The highest BCUT2D eigenvalue weighted by molar-refractivity contribution is 5.88. The van der Waals surface area contributed by atoms with Crippen molar-refractivity contribution in [3.05, 3.63) is 66.2 Å². The molecule has 0 atom stereocenters. The zero-order chi connectivity index (χ0) is 15.6. The average molecular weight is 298 g/mol. The van der Waals surface area contributed by atoms with E-state index < -0.39 is 5.97 Å². The Kier molecular flexibility index (Phi) is 6.20. The van der Waals surface area contributed by atoms with Crippen molar-refractivity contribution in [1.82, 2.24) is 0 Å². The highest BCUT2D eigenvalue weighted by atomic mass is 16.5. The third-order valence-electron chi connectivity index (χ3n) is 2.82. The summed E-state index contributed by atoms with van der Waals surface area (Å²) in [4.78, 5) is 11.7. The Morgan fingerprint density at radius 3 is 2.41 bits per heavy atom. The van der Waals surface area contributed by atoms with E-state index in [4.69, 9.17) is 14.6 Å². The van der Waals surface area contributed by atoms with Gasteiger partial charge in [0.25, 0.3) is 0 Å². The summed E-state index contributed by atoms with van der Waals surface area (Å²) >= 11 is 0. The fourth-order valence-corrected chi connectivity index (χ4v) is 1.73. The van der Waals surface area contributed by atoms with Gasteiger partial charge >= 0.3 is 5.97 Å². The molecular formula is C18H18O4. The maximum atomic E-state index is 11.7. The van der Waals surface area contributed by atoms with Crippen molar-refractivity contribution in [3.63, 3.8) is 0 Å². The minimum Gasteiger partial charge on any atom is -0.494 e. The Morgan fingerprint density at radius 1 is 1.00 bits per heavy atom. The van der Waals surface area contributed by atoms with Gasteiger partial charge in [0.05, 0.1) is 6.61 Å². The number of carbonyl (C=O) groups excluding carboxylic acids is 1. The standard InChI is InChI=1S/C18H18O4/c19-13-4-14-21-16-10-7-15(8-11-16)9-12-18(20)22-17-5-2-1-3-6-17/h1-3,5-12,19H,4,13-14H2. The predicted molar refractivity (Wildman–Crippen MR) is 84.8 cm³/mol. The second-order valence-corrected chi connectivity index (χ2v) is 4.56. The number of para-hydroxylation sites is 1. The molecule has 0 fully saturated rings. The smallest absolute Gasteiger partial charge is 0.336 e. The molecule has 0 saturated heterocycles. The van der Waals surface area contributed by atoms with Gasteiger partial charge in [0.1, 0.15) is 11.5 Å². The molecule has 4 heteroatoms. The van der Waals surface area contributed by atoms with Crippen molar-refractivity contribution in [2.24, 2.45) is 0 Å². The van der Waals surface area contributed by atoms with Crippen LogP contribution in [0, 0.1) is 0 Å². The first-order valence-electron chi connectivity index (χ1n) is 7.06. The summed E-state index contributed by atoms with van der Waals surface area (Å²) in [7, 11) is 0. The van der Waals surface area contributed by atoms with E-state index in [1.165, 1.54) is 6.08 Å². The quantitative estimate of drug-likeness (QED) is 0.369. The largest absolute Gasteiger partial charge is 0.494 e. The van der Waals surface area contributed by atoms with Crippen LogP contribution in [-0.4, -0.2) is 24.3 Å². The number of hydrogen-bond acceptors (Lipinski definition) is 4. The van der Waals surface area contributed by atoms with Gasteiger partial charge < -0.3 is 14.6 Å². The Balaban J connectivity index is 1.85. The normalized spacial score (nSPS) is 10.6. The molecule has 0 spiro atoms. The van der Waals surface area contributed by atoms with Crippen LogP contribution in [0.4, 0.5) is 0 Å². The summed E-state index contributed by atoms with van der Waals surface area (Å²) in [5.74, 6) is 0.830. The number of aliphatic hydroxyl groups is 1. The molecular weight excluding hydrogens is 280 g/mol. The SMILES string of the molecule is O=C(C=Cc1ccc(OCCCO)cc1)Oc1ccccc1. The van der Waals surface area contributed by atoms with Gasteiger partial charge in [-0.3, -0.25) is 0 Å².